The first-order chi connectivity index (χ1) is 16.4. The molecule has 7 nitrogen and oxygen atoms in total. The molecule has 2 aliphatic heterocycles. The van der Waals surface area contributed by atoms with Gasteiger partial charge in [0.1, 0.15) is 18.1 Å². The van der Waals surface area contributed by atoms with Crippen molar-refractivity contribution in [1.29, 1.82) is 0 Å². The summed E-state index contributed by atoms with van der Waals surface area (Å²) in [5.41, 5.74) is 3.78. The van der Waals surface area contributed by atoms with Gasteiger partial charge in [-0.2, -0.15) is 0 Å². The Morgan fingerprint density at radius 2 is 1.97 bits per heavy atom. The highest BCUT2D eigenvalue weighted by molar-refractivity contribution is 6.46. The van der Waals surface area contributed by atoms with E-state index in [1.807, 2.05) is 55.3 Å². The Balaban J connectivity index is 1.65. The summed E-state index contributed by atoms with van der Waals surface area (Å²) in [6.07, 6.45) is 1.65. The number of aliphatic hydroxyl groups is 1. The fraction of sp³-hybridized carbons (Fsp3) is 0.222. The first-order valence-electron chi connectivity index (χ1n) is 11.2. The SMILES string of the molecule is Cc1cccc(C2/C(=C(/O)c3ccc4c(c3)N(C)CCO4)C(=O)C(=O)N2Cc2ccccn2)c1. The molecule has 1 aromatic heterocycles. The summed E-state index contributed by atoms with van der Waals surface area (Å²) < 4.78 is 5.70. The van der Waals surface area contributed by atoms with Crippen LogP contribution in [0.3, 0.4) is 0 Å². The summed E-state index contributed by atoms with van der Waals surface area (Å²) in [6.45, 7) is 3.41. The largest absolute Gasteiger partial charge is 0.507 e. The fourth-order valence-corrected chi connectivity index (χ4v) is 4.55. The second-order valence-corrected chi connectivity index (χ2v) is 8.61. The number of nitrogens with zero attached hydrogens (tertiary/aromatic N) is 3. The first kappa shape index (κ1) is 21.7. The number of pyridine rings is 1. The molecule has 172 valence electrons. The van der Waals surface area contributed by atoms with Crippen molar-refractivity contribution in [2.75, 3.05) is 25.1 Å². The number of likely N-dealkylation sites (N-methyl/N-ethyl adjacent to an activating group) is 1. The van der Waals surface area contributed by atoms with Gasteiger partial charge in [0.15, 0.2) is 0 Å². The molecule has 2 aromatic carbocycles. The number of anilines is 1. The van der Waals surface area contributed by atoms with Gasteiger partial charge in [0.25, 0.3) is 11.7 Å². The molecular weight excluding hydrogens is 430 g/mol. The van der Waals surface area contributed by atoms with E-state index in [-0.39, 0.29) is 17.9 Å². The minimum atomic E-state index is -0.730. The zero-order chi connectivity index (χ0) is 23.8. The maximum absolute atomic E-state index is 13.3. The molecule has 0 spiro atoms. The van der Waals surface area contributed by atoms with Gasteiger partial charge >= 0.3 is 0 Å². The molecular formula is C27H25N3O4. The van der Waals surface area contributed by atoms with E-state index in [1.165, 1.54) is 4.90 Å². The van der Waals surface area contributed by atoms with Crippen LogP contribution in [0.4, 0.5) is 5.69 Å². The molecule has 1 N–H and O–H groups in total. The van der Waals surface area contributed by atoms with Gasteiger partial charge < -0.3 is 19.6 Å². The lowest BCUT2D eigenvalue weighted by Crippen LogP contribution is -2.29. The number of carbonyl (C=O) groups excluding carboxylic acids is 2. The van der Waals surface area contributed by atoms with Crippen LogP contribution in [0.1, 0.15) is 28.4 Å². The van der Waals surface area contributed by atoms with Crippen molar-refractivity contribution >= 4 is 23.1 Å². The molecule has 1 amide bonds. The number of aromatic nitrogens is 1. The van der Waals surface area contributed by atoms with E-state index < -0.39 is 17.7 Å². The minimum absolute atomic E-state index is 0.0749. The third-order valence-electron chi connectivity index (χ3n) is 6.28. The number of aryl methyl sites for hydroxylation is 1. The molecule has 0 saturated carbocycles. The minimum Gasteiger partial charge on any atom is -0.507 e. The van der Waals surface area contributed by atoms with E-state index >= 15 is 0 Å². The second-order valence-electron chi connectivity index (χ2n) is 8.61. The number of ketones is 1. The van der Waals surface area contributed by atoms with Crippen LogP contribution in [0.2, 0.25) is 0 Å². The second kappa shape index (κ2) is 8.67. The van der Waals surface area contributed by atoms with E-state index in [1.54, 1.807) is 30.5 Å². The van der Waals surface area contributed by atoms with Crippen LogP contribution in [-0.4, -0.2) is 46.9 Å². The monoisotopic (exact) mass is 455 g/mol. The number of amides is 1. The lowest BCUT2D eigenvalue weighted by molar-refractivity contribution is -0.140. The number of carbonyl (C=O) groups is 2. The number of benzene rings is 2. The predicted octanol–water partition coefficient (Wildman–Crippen LogP) is 3.84. The molecule has 1 fully saturated rings. The standard InChI is InChI=1S/C27H25N3O4/c1-17-6-5-7-18(14-17)24-23(26(32)27(33)30(24)16-20-8-3-4-11-28-20)25(31)19-9-10-22-21(15-19)29(2)12-13-34-22/h3-11,14-15,24,31H,12-13,16H2,1-2H3/b25-23-. The first-order valence-corrected chi connectivity index (χ1v) is 11.2. The summed E-state index contributed by atoms with van der Waals surface area (Å²) in [5.74, 6) is -0.842. The number of fused-ring (bicyclic) bond motifs is 1. The van der Waals surface area contributed by atoms with E-state index in [2.05, 4.69) is 4.98 Å². The number of hydrogen-bond donors (Lipinski definition) is 1. The lowest BCUT2D eigenvalue weighted by atomic mass is 9.94. The highest BCUT2D eigenvalue weighted by Gasteiger charge is 2.46. The van der Waals surface area contributed by atoms with E-state index in [4.69, 9.17) is 4.74 Å². The summed E-state index contributed by atoms with van der Waals surface area (Å²) in [5, 5.41) is 11.4. The van der Waals surface area contributed by atoms with Crippen molar-refractivity contribution < 1.29 is 19.4 Å². The van der Waals surface area contributed by atoms with Gasteiger partial charge in [-0.25, -0.2) is 0 Å². The molecule has 34 heavy (non-hydrogen) atoms. The van der Waals surface area contributed by atoms with Crippen LogP contribution >= 0.6 is 0 Å². The van der Waals surface area contributed by atoms with Crippen molar-refractivity contribution in [3.8, 4) is 5.75 Å². The van der Waals surface area contributed by atoms with Gasteiger partial charge in [-0.05, 0) is 42.8 Å². The summed E-state index contributed by atoms with van der Waals surface area (Å²) in [4.78, 5) is 34.3. The van der Waals surface area contributed by atoms with Gasteiger partial charge in [0, 0.05) is 18.8 Å². The lowest BCUT2D eigenvalue weighted by Gasteiger charge is -2.28. The molecule has 7 heteroatoms. The van der Waals surface area contributed by atoms with Crippen LogP contribution in [0.5, 0.6) is 5.75 Å². The molecule has 3 aromatic rings. The maximum Gasteiger partial charge on any atom is 0.296 e. The molecule has 5 rings (SSSR count). The Morgan fingerprint density at radius 1 is 1.12 bits per heavy atom. The number of likely N-dealkylation sites (tertiary alicyclic amines) is 1. The highest BCUT2D eigenvalue weighted by Crippen LogP contribution is 2.41. The van der Waals surface area contributed by atoms with Crippen LogP contribution in [0.25, 0.3) is 5.76 Å². The Morgan fingerprint density at radius 3 is 2.74 bits per heavy atom. The van der Waals surface area contributed by atoms with Crippen LogP contribution in [-0.2, 0) is 16.1 Å². The highest BCUT2D eigenvalue weighted by atomic mass is 16.5. The molecule has 1 unspecified atom stereocenters. The molecule has 1 saturated heterocycles. The van der Waals surface area contributed by atoms with Crippen molar-refractivity contribution in [3.05, 3.63) is 94.8 Å². The molecule has 0 aliphatic carbocycles. The van der Waals surface area contributed by atoms with Crippen molar-refractivity contribution in [1.82, 2.24) is 9.88 Å². The Bertz CT molecular complexity index is 1300. The normalized spacial score (nSPS) is 19.2. The maximum atomic E-state index is 13.3. The Labute approximate surface area is 197 Å². The van der Waals surface area contributed by atoms with E-state index in [0.717, 1.165) is 29.1 Å². The van der Waals surface area contributed by atoms with Gasteiger partial charge in [0.05, 0.1) is 36.1 Å². The zero-order valence-electron chi connectivity index (χ0n) is 19.1. The number of rotatable bonds is 4. The summed E-state index contributed by atoms with van der Waals surface area (Å²) in [6, 6.07) is 17.7. The topological polar surface area (TPSA) is 83.0 Å². The predicted molar refractivity (Wildman–Crippen MR) is 128 cm³/mol. The van der Waals surface area contributed by atoms with Gasteiger partial charge in [0.2, 0.25) is 0 Å². The Hall–Kier alpha value is -4.13. The van der Waals surface area contributed by atoms with E-state index in [9.17, 15) is 14.7 Å². The smallest absolute Gasteiger partial charge is 0.296 e. The molecule has 0 bridgehead atoms. The van der Waals surface area contributed by atoms with Crippen molar-refractivity contribution in [2.24, 2.45) is 0 Å². The van der Waals surface area contributed by atoms with Gasteiger partial charge in [-0.3, -0.25) is 14.6 Å². The Kier molecular flexibility index (Phi) is 5.53. The van der Waals surface area contributed by atoms with E-state index in [0.29, 0.717) is 17.9 Å². The zero-order valence-corrected chi connectivity index (χ0v) is 19.1. The average molecular weight is 456 g/mol. The third-order valence-corrected chi connectivity index (χ3v) is 6.28. The molecule has 1 atom stereocenters. The van der Waals surface area contributed by atoms with Gasteiger partial charge in [-0.1, -0.05) is 35.9 Å². The number of hydrogen-bond acceptors (Lipinski definition) is 6. The summed E-state index contributed by atoms with van der Waals surface area (Å²) >= 11 is 0. The van der Waals surface area contributed by atoms with Crippen LogP contribution in [0, 0.1) is 6.92 Å². The average Bonchev–Trinajstić information content (AvgIpc) is 3.09. The molecule has 0 radical (unpaired) electrons. The van der Waals surface area contributed by atoms with Crippen molar-refractivity contribution in [2.45, 2.75) is 19.5 Å². The number of Topliss-reactive ketones (excluding diaryl/α,β-unsaturated/α-hetero) is 1. The van der Waals surface area contributed by atoms with Gasteiger partial charge in [-0.15, -0.1) is 0 Å². The number of aliphatic hydroxyl groups excluding tert-OH is 1. The van der Waals surface area contributed by atoms with Crippen molar-refractivity contribution in [3.63, 3.8) is 0 Å². The quantitative estimate of drug-likeness (QED) is 0.366. The fourth-order valence-electron chi connectivity index (χ4n) is 4.55. The number of ether oxygens (including phenoxy) is 1. The van der Waals surface area contributed by atoms with Crippen LogP contribution < -0.4 is 9.64 Å². The summed E-state index contributed by atoms with van der Waals surface area (Å²) in [7, 11) is 1.95. The van der Waals surface area contributed by atoms with Crippen LogP contribution in [0.15, 0.2) is 72.4 Å². The molecule has 2 aliphatic rings. The third kappa shape index (κ3) is 3.79. The molecule has 3 heterocycles.